The third kappa shape index (κ3) is 3.44. The number of nitrogens with zero attached hydrogens (tertiary/aromatic N) is 1. The van der Waals surface area contributed by atoms with E-state index in [1.54, 1.807) is 0 Å². The van der Waals surface area contributed by atoms with Crippen LogP contribution < -0.4 is 14.8 Å². The minimum Gasteiger partial charge on any atom is -0.454 e. The van der Waals surface area contributed by atoms with Gasteiger partial charge in [0.1, 0.15) is 0 Å². The van der Waals surface area contributed by atoms with E-state index in [1.807, 2.05) is 41.3 Å². The molecule has 0 spiro atoms. The highest BCUT2D eigenvalue weighted by Gasteiger charge is 2.19. The Kier molecular flexibility index (Phi) is 4.53. The Balaban J connectivity index is 1.41. The summed E-state index contributed by atoms with van der Waals surface area (Å²) in [5, 5.41) is 3.38. The van der Waals surface area contributed by atoms with Crippen LogP contribution in [0.4, 0.5) is 5.69 Å². The second-order valence-corrected chi connectivity index (χ2v) is 7.08. The van der Waals surface area contributed by atoms with Crippen molar-refractivity contribution in [3.05, 3.63) is 52.0 Å². The monoisotopic (exact) mass is 402 g/mol. The minimum atomic E-state index is 0.127. The Hall–Kier alpha value is -2.21. The quantitative estimate of drug-likeness (QED) is 0.838. The molecule has 0 atom stereocenters. The van der Waals surface area contributed by atoms with Crippen LogP contribution in [0.15, 0.2) is 40.9 Å². The lowest BCUT2D eigenvalue weighted by Crippen LogP contribution is -2.27. The number of halogens is 1. The maximum absolute atomic E-state index is 12.4. The largest absolute Gasteiger partial charge is 0.454 e. The zero-order chi connectivity index (χ0) is 17.2. The van der Waals surface area contributed by atoms with Gasteiger partial charge in [0.15, 0.2) is 11.5 Å². The standard InChI is InChI=1S/C19H19BrN2O3/c20-16-10-18-17(24-12-25-18)9-14(16)11-21-15-5-3-13(4-6-15)19(23)22-7-1-2-8-22/h3-6,9-10,21H,1-2,7-8,11-12H2. The summed E-state index contributed by atoms with van der Waals surface area (Å²) in [6.45, 7) is 2.66. The zero-order valence-electron chi connectivity index (χ0n) is 13.8. The first-order chi connectivity index (χ1) is 12.2. The van der Waals surface area contributed by atoms with Gasteiger partial charge < -0.3 is 19.7 Å². The Morgan fingerprint density at radius 2 is 1.76 bits per heavy atom. The molecular weight excluding hydrogens is 384 g/mol. The maximum Gasteiger partial charge on any atom is 0.253 e. The topological polar surface area (TPSA) is 50.8 Å². The summed E-state index contributed by atoms with van der Waals surface area (Å²) >= 11 is 3.57. The number of carbonyl (C=O) groups is 1. The number of nitrogens with one attached hydrogen (secondary N) is 1. The third-order valence-corrected chi connectivity index (χ3v) is 5.29. The number of anilines is 1. The van der Waals surface area contributed by atoms with Gasteiger partial charge in [-0.15, -0.1) is 0 Å². The Labute approximate surface area is 155 Å². The van der Waals surface area contributed by atoms with E-state index in [0.29, 0.717) is 6.54 Å². The summed E-state index contributed by atoms with van der Waals surface area (Å²) in [7, 11) is 0. The first kappa shape index (κ1) is 16.3. The van der Waals surface area contributed by atoms with Crippen molar-refractivity contribution in [1.29, 1.82) is 0 Å². The fourth-order valence-electron chi connectivity index (χ4n) is 3.13. The number of carbonyl (C=O) groups excluding carboxylic acids is 1. The van der Waals surface area contributed by atoms with Crippen molar-refractivity contribution >= 4 is 27.5 Å². The lowest BCUT2D eigenvalue weighted by Gasteiger charge is -2.15. The van der Waals surface area contributed by atoms with Gasteiger partial charge in [-0.2, -0.15) is 0 Å². The number of hydrogen-bond acceptors (Lipinski definition) is 4. The summed E-state index contributed by atoms with van der Waals surface area (Å²) in [4.78, 5) is 14.3. The SMILES string of the molecule is O=C(c1ccc(NCc2cc3c(cc2Br)OCO3)cc1)N1CCCC1. The number of likely N-dealkylation sites (tertiary alicyclic amines) is 1. The molecule has 1 N–H and O–H groups in total. The Morgan fingerprint density at radius 1 is 1.08 bits per heavy atom. The van der Waals surface area contributed by atoms with Gasteiger partial charge in [-0.1, -0.05) is 15.9 Å². The highest BCUT2D eigenvalue weighted by Crippen LogP contribution is 2.37. The van der Waals surface area contributed by atoms with Gasteiger partial charge in [-0.3, -0.25) is 4.79 Å². The maximum atomic E-state index is 12.4. The fraction of sp³-hybridized carbons (Fsp3) is 0.316. The molecular formula is C19H19BrN2O3. The molecule has 2 aromatic carbocycles. The molecule has 0 radical (unpaired) electrons. The van der Waals surface area contributed by atoms with Crippen molar-refractivity contribution in [3.63, 3.8) is 0 Å². The molecule has 0 bridgehead atoms. The molecule has 6 heteroatoms. The number of hydrogen-bond donors (Lipinski definition) is 1. The average molecular weight is 403 g/mol. The average Bonchev–Trinajstić information content (AvgIpc) is 3.31. The van der Waals surface area contributed by atoms with E-state index in [0.717, 1.165) is 58.7 Å². The van der Waals surface area contributed by atoms with Crippen molar-refractivity contribution < 1.29 is 14.3 Å². The number of ether oxygens (including phenoxy) is 2. The van der Waals surface area contributed by atoms with Gasteiger partial charge in [0.05, 0.1) is 0 Å². The van der Waals surface area contributed by atoms with Crippen LogP contribution in [0, 0.1) is 0 Å². The number of fused-ring (bicyclic) bond motifs is 1. The van der Waals surface area contributed by atoms with Crippen molar-refractivity contribution in [1.82, 2.24) is 4.90 Å². The minimum absolute atomic E-state index is 0.127. The Morgan fingerprint density at radius 3 is 2.48 bits per heavy atom. The van der Waals surface area contributed by atoms with Crippen molar-refractivity contribution in [2.45, 2.75) is 19.4 Å². The first-order valence-electron chi connectivity index (χ1n) is 8.42. The smallest absolute Gasteiger partial charge is 0.253 e. The van der Waals surface area contributed by atoms with Crippen molar-refractivity contribution in [2.75, 3.05) is 25.2 Å². The molecule has 2 aliphatic heterocycles. The molecule has 2 heterocycles. The molecule has 1 fully saturated rings. The summed E-state index contributed by atoms with van der Waals surface area (Å²) < 4.78 is 11.8. The highest BCUT2D eigenvalue weighted by molar-refractivity contribution is 9.10. The second-order valence-electron chi connectivity index (χ2n) is 6.23. The summed E-state index contributed by atoms with van der Waals surface area (Å²) in [5.41, 5.74) is 2.81. The molecule has 2 aromatic rings. The van der Waals surface area contributed by atoms with Gasteiger partial charge in [0.25, 0.3) is 5.91 Å². The normalized spacial score (nSPS) is 15.5. The van der Waals surface area contributed by atoms with Crippen LogP contribution >= 0.6 is 15.9 Å². The molecule has 25 heavy (non-hydrogen) atoms. The van der Waals surface area contributed by atoms with Crippen molar-refractivity contribution in [3.8, 4) is 11.5 Å². The molecule has 0 aliphatic carbocycles. The Bertz CT molecular complexity index is 786. The zero-order valence-corrected chi connectivity index (χ0v) is 15.3. The molecule has 2 aliphatic rings. The molecule has 130 valence electrons. The molecule has 5 nitrogen and oxygen atoms in total. The summed E-state index contributed by atoms with van der Waals surface area (Å²) in [6.07, 6.45) is 2.21. The van der Waals surface area contributed by atoms with Crippen LogP contribution in [-0.2, 0) is 6.54 Å². The fourth-order valence-corrected chi connectivity index (χ4v) is 3.59. The third-order valence-electron chi connectivity index (χ3n) is 4.55. The van der Waals surface area contributed by atoms with E-state index < -0.39 is 0 Å². The lowest BCUT2D eigenvalue weighted by atomic mass is 10.1. The van der Waals surface area contributed by atoms with Crippen LogP contribution in [0.2, 0.25) is 0 Å². The van der Waals surface area contributed by atoms with E-state index in [-0.39, 0.29) is 12.7 Å². The molecule has 0 aromatic heterocycles. The van der Waals surface area contributed by atoms with Crippen LogP contribution in [0.3, 0.4) is 0 Å². The van der Waals surface area contributed by atoms with Crippen LogP contribution in [0.5, 0.6) is 11.5 Å². The van der Waals surface area contributed by atoms with Crippen molar-refractivity contribution in [2.24, 2.45) is 0 Å². The van der Waals surface area contributed by atoms with Crippen LogP contribution in [0.1, 0.15) is 28.8 Å². The highest BCUT2D eigenvalue weighted by atomic mass is 79.9. The second kappa shape index (κ2) is 6.96. The van der Waals surface area contributed by atoms with E-state index in [2.05, 4.69) is 21.2 Å². The first-order valence-corrected chi connectivity index (χ1v) is 9.21. The number of rotatable bonds is 4. The summed E-state index contributed by atoms with van der Waals surface area (Å²) in [5.74, 6) is 1.66. The molecule has 0 unspecified atom stereocenters. The molecule has 4 rings (SSSR count). The van der Waals surface area contributed by atoms with Gasteiger partial charge in [0, 0.05) is 35.4 Å². The van der Waals surface area contributed by atoms with Gasteiger partial charge in [-0.25, -0.2) is 0 Å². The lowest BCUT2D eigenvalue weighted by molar-refractivity contribution is 0.0793. The van der Waals surface area contributed by atoms with Gasteiger partial charge in [0.2, 0.25) is 6.79 Å². The molecule has 0 saturated carbocycles. The number of benzene rings is 2. The number of amides is 1. The predicted octanol–water partition coefficient (Wildman–Crippen LogP) is 4.03. The molecule has 1 saturated heterocycles. The van der Waals surface area contributed by atoms with Crippen LogP contribution in [0.25, 0.3) is 0 Å². The van der Waals surface area contributed by atoms with Gasteiger partial charge >= 0.3 is 0 Å². The molecule has 1 amide bonds. The van der Waals surface area contributed by atoms with Crippen LogP contribution in [-0.4, -0.2) is 30.7 Å². The van der Waals surface area contributed by atoms with Gasteiger partial charge in [-0.05, 0) is 54.8 Å². The van der Waals surface area contributed by atoms with E-state index >= 15 is 0 Å². The predicted molar refractivity (Wildman–Crippen MR) is 99.2 cm³/mol. The van der Waals surface area contributed by atoms with E-state index in [1.165, 1.54) is 0 Å². The van der Waals surface area contributed by atoms with E-state index in [4.69, 9.17) is 9.47 Å². The van der Waals surface area contributed by atoms with E-state index in [9.17, 15) is 4.79 Å². The summed E-state index contributed by atoms with van der Waals surface area (Å²) in [6, 6.07) is 11.6.